The third-order valence-corrected chi connectivity index (χ3v) is 5.86. The number of nitrogens with zero attached hydrogens (tertiary/aromatic N) is 2. The smallest absolute Gasteiger partial charge is 0.307 e. The first-order valence-corrected chi connectivity index (χ1v) is 8.58. The summed E-state index contributed by atoms with van der Waals surface area (Å²) in [5.41, 5.74) is 0.998. The zero-order valence-electron chi connectivity index (χ0n) is 12.7. The second-order valence-electron chi connectivity index (χ2n) is 6.09. The molecule has 2 unspecified atom stereocenters. The molecule has 2 aliphatic rings. The molecule has 3 heterocycles. The molecule has 1 aromatic heterocycles. The molecule has 2 fully saturated rings. The molecule has 0 aromatic carbocycles. The van der Waals surface area contributed by atoms with Gasteiger partial charge < -0.3 is 14.8 Å². The topological polar surface area (TPSA) is 54.3 Å². The molecule has 21 heavy (non-hydrogen) atoms. The molecular weight excluding hydrogens is 286 g/mol. The molecule has 0 radical (unpaired) electrons. The minimum absolute atomic E-state index is 0.0540. The van der Waals surface area contributed by atoms with Crippen LogP contribution in [0, 0.1) is 13.8 Å². The Balaban J connectivity index is 1.68. The standard InChI is InChI=1S/C15H23N3O2S/c1-10-11(2)21-15(20)17(10)8-6-14(19)18-12-3-4-13(18)9-16-7-5-12/h12-13,16H,3-9H2,1-2H3. The Morgan fingerprint density at radius 1 is 1.29 bits per heavy atom. The Morgan fingerprint density at radius 3 is 2.76 bits per heavy atom. The average molecular weight is 309 g/mol. The number of carbonyl (C=O) groups is 1. The summed E-state index contributed by atoms with van der Waals surface area (Å²) in [6, 6.07) is 0.756. The van der Waals surface area contributed by atoms with Gasteiger partial charge in [-0.3, -0.25) is 9.59 Å². The van der Waals surface area contributed by atoms with Crippen LogP contribution in [0.3, 0.4) is 0 Å². The lowest BCUT2D eigenvalue weighted by Crippen LogP contribution is -2.43. The van der Waals surface area contributed by atoms with Crippen LogP contribution in [0.4, 0.5) is 0 Å². The summed E-state index contributed by atoms with van der Waals surface area (Å²) in [4.78, 5) is 27.7. The Morgan fingerprint density at radius 2 is 2.05 bits per heavy atom. The van der Waals surface area contributed by atoms with Gasteiger partial charge in [0, 0.05) is 42.2 Å². The van der Waals surface area contributed by atoms with E-state index in [0.717, 1.165) is 42.9 Å². The molecule has 1 amide bonds. The fraction of sp³-hybridized carbons (Fsp3) is 0.733. The first-order chi connectivity index (χ1) is 10.1. The van der Waals surface area contributed by atoms with Gasteiger partial charge in [0.15, 0.2) is 0 Å². The quantitative estimate of drug-likeness (QED) is 0.915. The average Bonchev–Trinajstić information content (AvgIpc) is 2.83. The van der Waals surface area contributed by atoms with Crippen molar-refractivity contribution in [1.82, 2.24) is 14.8 Å². The number of nitrogens with one attached hydrogen (secondary N) is 1. The fourth-order valence-corrected chi connectivity index (χ4v) is 4.43. The number of thiazole rings is 1. The van der Waals surface area contributed by atoms with Gasteiger partial charge in [-0.25, -0.2) is 0 Å². The van der Waals surface area contributed by atoms with Gasteiger partial charge in [-0.15, -0.1) is 0 Å². The van der Waals surface area contributed by atoms with Gasteiger partial charge in [-0.05, 0) is 39.7 Å². The summed E-state index contributed by atoms with van der Waals surface area (Å²) in [6.45, 7) is 6.35. The van der Waals surface area contributed by atoms with E-state index in [1.807, 2.05) is 13.8 Å². The van der Waals surface area contributed by atoms with E-state index in [0.29, 0.717) is 25.0 Å². The van der Waals surface area contributed by atoms with Crippen LogP contribution in [-0.4, -0.2) is 40.5 Å². The second-order valence-corrected chi connectivity index (χ2v) is 7.26. The molecule has 0 aliphatic carbocycles. The predicted molar refractivity (Wildman–Crippen MR) is 83.8 cm³/mol. The van der Waals surface area contributed by atoms with Crippen LogP contribution < -0.4 is 10.2 Å². The lowest BCUT2D eigenvalue weighted by Gasteiger charge is -2.28. The largest absolute Gasteiger partial charge is 0.335 e. The molecule has 2 saturated heterocycles. The highest BCUT2D eigenvalue weighted by Crippen LogP contribution is 2.28. The van der Waals surface area contributed by atoms with Crippen molar-refractivity contribution in [2.24, 2.45) is 0 Å². The van der Waals surface area contributed by atoms with Crippen molar-refractivity contribution in [2.45, 2.75) is 58.2 Å². The molecule has 0 spiro atoms. The van der Waals surface area contributed by atoms with Crippen LogP contribution in [-0.2, 0) is 11.3 Å². The van der Waals surface area contributed by atoms with Crippen LogP contribution in [0.1, 0.15) is 36.3 Å². The molecular formula is C15H23N3O2S. The Kier molecular flexibility index (Phi) is 4.17. The predicted octanol–water partition coefficient (Wildman–Crippen LogP) is 1.27. The summed E-state index contributed by atoms with van der Waals surface area (Å²) >= 11 is 1.27. The lowest BCUT2D eigenvalue weighted by molar-refractivity contribution is -0.134. The zero-order chi connectivity index (χ0) is 15.0. The lowest BCUT2D eigenvalue weighted by atomic mass is 10.1. The van der Waals surface area contributed by atoms with Crippen LogP contribution >= 0.6 is 11.3 Å². The fourth-order valence-electron chi connectivity index (χ4n) is 3.57. The summed E-state index contributed by atoms with van der Waals surface area (Å²) in [5.74, 6) is 0.210. The molecule has 1 aromatic rings. The maximum Gasteiger partial charge on any atom is 0.307 e. The summed E-state index contributed by atoms with van der Waals surface area (Å²) in [5, 5.41) is 3.41. The van der Waals surface area contributed by atoms with E-state index < -0.39 is 0 Å². The second kappa shape index (κ2) is 5.93. The van der Waals surface area contributed by atoms with Gasteiger partial charge in [0.25, 0.3) is 0 Å². The van der Waals surface area contributed by atoms with Crippen LogP contribution in [0.2, 0.25) is 0 Å². The maximum absolute atomic E-state index is 12.6. The minimum atomic E-state index is 0.0540. The van der Waals surface area contributed by atoms with E-state index in [1.165, 1.54) is 11.3 Å². The van der Waals surface area contributed by atoms with Crippen molar-refractivity contribution >= 4 is 17.2 Å². The monoisotopic (exact) mass is 309 g/mol. The van der Waals surface area contributed by atoms with Crippen molar-refractivity contribution in [3.8, 4) is 0 Å². The molecule has 3 rings (SSSR count). The molecule has 5 nitrogen and oxygen atoms in total. The summed E-state index contributed by atoms with van der Waals surface area (Å²) in [6.07, 6.45) is 3.73. The molecule has 2 atom stereocenters. The van der Waals surface area contributed by atoms with Gasteiger partial charge >= 0.3 is 4.87 Å². The molecule has 0 saturated carbocycles. The number of hydrogen-bond donors (Lipinski definition) is 1. The maximum atomic E-state index is 12.6. The third-order valence-electron chi connectivity index (χ3n) is 4.87. The highest BCUT2D eigenvalue weighted by Gasteiger charge is 2.37. The first kappa shape index (κ1) is 14.8. The van der Waals surface area contributed by atoms with Gasteiger partial charge in [-0.1, -0.05) is 11.3 Å². The van der Waals surface area contributed by atoms with Crippen molar-refractivity contribution in [2.75, 3.05) is 13.1 Å². The van der Waals surface area contributed by atoms with Gasteiger partial charge in [0.2, 0.25) is 5.91 Å². The Labute approximate surface area is 129 Å². The van der Waals surface area contributed by atoms with E-state index in [4.69, 9.17) is 0 Å². The molecule has 2 aliphatic heterocycles. The first-order valence-electron chi connectivity index (χ1n) is 7.76. The summed E-state index contributed by atoms with van der Waals surface area (Å²) in [7, 11) is 0. The molecule has 2 bridgehead atoms. The highest BCUT2D eigenvalue weighted by molar-refractivity contribution is 7.09. The van der Waals surface area contributed by atoms with Crippen molar-refractivity contribution in [1.29, 1.82) is 0 Å². The number of aryl methyl sites for hydroxylation is 1. The number of carbonyl (C=O) groups excluding carboxylic acids is 1. The van der Waals surface area contributed by atoms with Crippen molar-refractivity contribution < 1.29 is 4.79 Å². The molecule has 116 valence electrons. The Hall–Kier alpha value is -1.14. The number of rotatable bonds is 3. The van der Waals surface area contributed by atoms with Crippen molar-refractivity contribution in [3.05, 3.63) is 20.2 Å². The van der Waals surface area contributed by atoms with E-state index in [-0.39, 0.29) is 10.8 Å². The SMILES string of the molecule is Cc1sc(=O)n(CCC(=O)N2C3CCNCC2CC3)c1C. The van der Waals surface area contributed by atoms with Crippen LogP contribution in [0.5, 0.6) is 0 Å². The summed E-state index contributed by atoms with van der Waals surface area (Å²) < 4.78 is 1.75. The van der Waals surface area contributed by atoms with Crippen LogP contribution in [0.15, 0.2) is 4.79 Å². The highest BCUT2D eigenvalue weighted by atomic mass is 32.1. The number of aromatic nitrogens is 1. The minimum Gasteiger partial charge on any atom is -0.335 e. The number of amides is 1. The van der Waals surface area contributed by atoms with Crippen LogP contribution in [0.25, 0.3) is 0 Å². The van der Waals surface area contributed by atoms with Gasteiger partial charge in [-0.2, -0.15) is 0 Å². The normalized spacial score (nSPS) is 25.1. The zero-order valence-corrected chi connectivity index (χ0v) is 13.5. The van der Waals surface area contributed by atoms with Gasteiger partial charge in [0.1, 0.15) is 0 Å². The molecule has 1 N–H and O–H groups in total. The van der Waals surface area contributed by atoms with E-state index in [9.17, 15) is 9.59 Å². The van der Waals surface area contributed by atoms with Crippen molar-refractivity contribution in [3.63, 3.8) is 0 Å². The third kappa shape index (κ3) is 2.79. The van der Waals surface area contributed by atoms with Gasteiger partial charge in [0.05, 0.1) is 0 Å². The van der Waals surface area contributed by atoms with E-state index in [1.54, 1.807) is 4.57 Å². The Bertz CT molecular complexity index is 578. The van der Waals surface area contributed by atoms with E-state index >= 15 is 0 Å². The molecule has 6 heteroatoms. The number of fused-ring (bicyclic) bond motifs is 2. The number of hydrogen-bond acceptors (Lipinski definition) is 4. The van der Waals surface area contributed by atoms with E-state index in [2.05, 4.69) is 10.2 Å².